The molecule has 0 aliphatic carbocycles. The molecule has 24 heteroatoms. The van der Waals surface area contributed by atoms with E-state index in [9.17, 15) is 80.6 Å². The number of alkyl halides is 12. The smallest absolute Gasteiger partial charge is 0.416 e. The van der Waals surface area contributed by atoms with Crippen molar-refractivity contribution in [3.8, 4) is 0 Å². The van der Waals surface area contributed by atoms with Gasteiger partial charge in [-0.1, -0.05) is 12.1 Å². The van der Waals surface area contributed by atoms with Crippen LogP contribution in [0.5, 0.6) is 0 Å². The van der Waals surface area contributed by atoms with Gasteiger partial charge in [-0.25, -0.2) is 18.4 Å². The van der Waals surface area contributed by atoms with E-state index in [-0.39, 0.29) is 51.2 Å². The molecule has 2 heterocycles. The minimum Gasteiger partial charge on any atom is -0.444 e. The van der Waals surface area contributed by atoms with E-state index >= 15 is 0 Å². The van der Waals surface area contributed by atoms with Gasteiger partial charge in [-0.3, -0.25) is 9.59 Å². The van der Waals surface area contributed by atoms with Crippen LogP contribution in [-0.2, 0) is 54.6 Å². The van der Waals surface area contributed by atoms with Crippen molar-refractivity contribution in [2.45, 2.75) is 167 Å². The second-order valence-electron chi connectivity index (χ2n) is 24.5. The number of halogens is 14. The maximum Gasteiger partial charge on any atom is 0.416 e. The van der Waals surface area contributed by atoms with Crippen molar-refractivity contribution >= 4 is 24.0 Å². The lowest BCUT2D eigenvalue weighted by atomic mass is 9.78. The highest BCUT2D eigenvalue weighted by atomic mass is 19.4. The van der Waals surface area contributed by atoms with Gasteiger partial charge < -0.3 is 29.1 Å². The molecule has 0 aromatic heterocycles. The molecule has 0 saturated carbocycles. The molecule has 4 amide bonds. The first-order chi connectivity index (χ1) is 38.0. The van der Waals surface area contributed by atoms with Gasteiger partial charge in [0.1, 0.15) is 22.8 Å². The van der Waals surface area contributed by atoms with E-state index in [1.807, 2.05) is 0 Å². The Morgan fingerprint density at radius 1 is 0.440 bits per heavy atom. The number of hydrogen-bond acceptors (Lipinski definition) is 6. The van der Waals surface area contributed by atoms with Crippen LogP contribution in [0.2, 0.25) is 0 Å². The number of likely N-dealkylation sites (tertiary alicyclic amines) is 2. The van der Waals surface area contributed by atoms with Crippen molar-refractivity contribution in [1.82, 2.24) is 19.6 Å². The van der Waals surface area contributed by atoms with E-state index in [0.717, 1.165) is 0 Å². The topological polar surface area (TPSA) is 99.7 Å². The Morgan fingerprint density at radius 3 is 0.940 bits per heavy atom. The molecule has 10 nitrogen and oxygen atoms in total. The Bertz CT molecular complexity index is 2800. The van der Waals surface area contributed by atoms with Gasteiger partial charge >= 0.3 is 36.9 Å². The van der Waals surface area contributed by atoms with Crippen LogP contribution in [0.15, 0.2) is 72.8 Å². The molecule has 4 atom stereocenters. The van der Waals surface area contributed by atoms with E-state index in [2.05, 4.69) is 0 Å². The van der Waals surface area contributed by atoms with Crippen LogP contribution in [0.4, 0.5) is 71.1 Å². The summed E-state index contributed by atoms with van der Waals surface area (Å²) in [5, 5.41) is 0. The summed E-state index contributed by atoms with van der Waals surface area (Å²) in [7, 11) is 2.87. The van der Waals surface area contributed by atoms with Crippen LogP contribution >= 0.6 is 0 Å². The van der Waals surface area contributed by atoms with E-state index in [1.165, 1.54) is 85.7 Å². The fourth-order valence-electron chi connectivity index (χ4n) is 10.6. The van der Waals surface area contributed by atoms with Gasteiger partial charge in [-0.15, -0.1) is 0 Å². The Balaban J connectivity index is 0.000000307. The molecule has 0 radical (unpaired) electrons. The second-order valence-corrected chi connectivity index (χ2v) is 24.5. The number of likely N-dealkylation sites (N-methyl/N-ethyl adjacent to an activating group) is 2. The predicted molar refractivity (Wildman–Crippen MR) is 285 cm³/mol. The summed E-state index contributed by atoms with van der Waals surface area (Å²) in [6, 6.07) is 9.28. The first-order valence-electron chi connectivity index (χ1n) is 26.7. The molecule has 4 aromatic rings. The molecular formula is C60H70F14N4O6. The Kier molecular flexibility index (Phi) is 19.8. The molecule has 2 fully saturated rings. The minimum atomic E-state index is -5.07. The third kappa shape index (κ3) is 16.4. The van der Waals surface area contributed by atoms with Crippen LogP contribution in [0.25, 0.3) is 0 Å². The minimum absolute atomic E-state index is 0.0213. The monoisotopic (exact) mass is 1210 g/mol. The summed E-state index contributed by atoms with van der Waals surface area (Å²) >= 11 is 0. The first-order valence-corrected chi connectivity index (χ1v) is 26.7. The first kappa shape index (κ1) is 68.2. The maximum atomic E-state index is 14.0. The molecule has 6 rings (SSSR count). The normalized spacial score (nSPS) is 18.6. The summed E-state index contributed by atoms with van der Waals surface area (Å²) in [5.74, 6) is -3.50. The van der Waals surface area contributed by atoms with Gasteiger partial charge in [-0.05, 0) is 190 Å². The largest absolute Gasteiger partial charge is 0.444 e. The lowest BCUT2D eigenvalue weighted by Crippen LogP contribution is -2.55. The second kappa shape index (κ2) is 24.4. The zero-order valence-corrected chi connectivity index (χ0v) is 49.0. The van der Waals surface area contributed by atoms with E-state index in [0.29, 0.717) is 46.5 Å². The Hall–Kier alpha value is -6.62. The van der Waals surface area contributed by atoms with Gasteiger partial charge in [0.25, 0.3) is 0 Å². The summed E-state index contributed by atoms with van der Waals surface area (Å²) in [5.41, 5.74) is -9.65. The number of nitrogens with zero attached hydrogens (tertiary/aromatic N) is 4. The average molecular weight is 1210 g/mol. The number of aryl methyl sites for hydroxylation is 2. The number of ether oxygens (including phenoxy) is 2. The van der Waals surface area contributed by atoms with Crippen LogP contribution in [0, 0.1) is 25.5 Å². The Morgan fingerprint density at radius 2 is 0.702 bits per heavy atom. The fourth-order valence-corrected chi connectivity index (χ4v) is 10.6. The van der Waals surface area contributed by atoms with Crippen molar-refractivity contribution in [2.24, 2.45) is 0 Å². The summed E-state index contributed by atoms with van der Waals surface area (Å²) in [6.07, 6.45) is -21.0. The summed E-state index contributed by atoms with van der Waals surface area (Å²) in [6.45, 7) is 19.3. The number of piperidine rings is 2. The maximum absolute atomic E-state index is 14.0. The number of benzene rings is 4. The fraction of sp³-hybridized carbons (Fsp3) is 0.533. The van der Waals surface area contributed by atoms with Gasteiger partial charge in [0.05, 0.1) is 33.1 Å². The van der Waals surface area contributed by atoms with Crippen LogP contribution in [-0.4, -0.2) is 107 Å². The SMILES string of the molecule is Cc1cc(F)ccc1[C@@H]1CN(C(=O)OC(C)(C)C)CC[C@@H]1N(C)C(=O)C(C)(C)c1cc(C(F)(F)F)cc(C(F)(F)F)c1.Cc1cc(F)ccc1[C@H]1CN(C(=O)OC(C)(C)C)CC[C@H]1N(C)C(=O)C(C)(C)c1cc(C(F)(F)F)cc(C(F)(F)F)c1. The highest BCUT2D eigenvalue weighted by molar-refractivity contribution is 5.88. The number of carbonyl (C=O) groups is 4. The standard InChI is InChI=1S/2C30H35F7N2O3/c2*1-17-12-21(31)8-9-22(17)23-16-39(26(41)42-27(2,3)4)11-10-24(23)38(7)25(40)28(5,6)18-13-19(29(32,33)34)15-20(14-18)30(35,36)37/h2*8-9,12-15,23-24H,10-11,16H2,1-7H3/t2*23-,24-/m10/s1. The van der Waals surface area contributed by atoms with E-state index in [1.54, 1.807) is 67.5 Å². The molecule has 0 N–H and O–H groups in total. The van der Waals surface area contributed by atoms with Gasteiger partial charge in [0.2, 0.25) is 11.8 Å². The average Bonchev–Trinajstić information content (AvgIpc) is 2.26. The van der Waals surface area contributed by atoms with Gasteiger partial charge in [0.15, 0.2) is 0 Å². The lowest BCUT2D eigenvalue weighted by Gasteiger charge is -2.45. The zero-order valence-electron chi connectivity index (χ0n) is 49.0. The highest BCUT2D eigenvalue weighted by Gasteiger charge is 2.47. The van der Waals surface area contributed by atoms with E-state index < -0.39 is 140 Å². The van der Waals surface area contributed by atoms with Crippen molar-refractivity contribution < 1.29 is 90.1 Å². The quantitative estimate of drug-likeness (QED) is 0.163. The molecule has 464 valence electrons. The van der Waals surface area contributed by atoms with E-state index in [4.69, 9.17) is 9.47 Å². The predicted octanol–water partition coefficient (Wildman–Crippen LogP) is 15.4. The molecule has 0 spiro atoms. The van der Waals surface area contributed by atoms with Crippen molar-refractivity contribution in [1.29, 1.82) is 0 Å². The van der Waals surface area contributed by atoms with Gasteiger partial charge in [-0.2, -0.15) is 52.7 Å². The van der Waals surface area contributed by atoms with Crippen LogP contribution in [0.1, 0.15) is 150 Å². The molecular weight excluding hydrogens is 1140 g/mol. The highest BCUT2D eigenvalue weighted by Crippen LogP contribution is 2.44. The van der Waals surface area contributed by atoms with Crippen molar-refractivity contribution in [3.05, 3.63) is 140 Å². The van der Waals surface area contributed by atoms with Crippen molar-refractivity contribution in [3.63, 3.8) is 0 Å². The molecule has 2 saturated heterocycles. The third-order valence-electron chi connectivity index (χ3n) is 15.0. The summed E-state index contributed by atoms with van der Waals surface area (Å²) < 4.78 is 202. The molecule has 0 bridgehead atoms. The molecule has 84 heavy (non-hydrogen) atoms. The van der Waals surface area contributed by atoms with Crippen molar-refractivity contribution in [2.75, 3.05) is 40.3 Å². The number of amides is 4. The molecule has 4 aromatic carbocycles. The number of carbonyl (C=O) groups excluding carboxylic acids is 4. The molecule has 2 aliphatic heterocycles. The molecule has 2 aliphatic rings. The van der Waals surface area contributed by atoms with Gasteiger partial charge in [0, 0.05) is 64.2 Å². The number of rotatable bonds is 8. The molecule has 0 unspecified atom stereocenters. The van der Waals surface area contributed by atoms with Crippen LogP contribution < -0.4 is 0 Å². The van der Waals surface area contributed by atoms with Crippen LogP contribution in [0.3, 0.4) is 0 Å². The third-order valence-corrected chi connectivity index (χ3v) is 15.0. The number of hydrogen-bond donors (Lipinski definition) is 0. The summed E-state index contributed by atoms with van der Waals surface area (Å²) in [4.78, 5) is 59.2. The Labute approximate surface area is 479 Å². The zero-order chi connectivity index (χ0) is 64.0. The lowest BCUT2D eigenvalue weighted by molar-refractivity contribution is -0.145.